The number of benzene rings is 1. The largest absolute Gasteiger partial charge is 0.465 e. The highest BCUT2D eigenvalue weighted by Crippen LogP contribution is 2.25. The molecule has 0 saturated carbocycles. The Kier molecular flexibility index (Phi) is 4.87. The summed E-state index contributed by atoms with van der Waals surface area (Å²) in [6.07, 6.45) is 1.23. The number of hydrogen-bond donors (Lipinski definition) is 2. The Bertz CT molecular complexity index is 759. The van der Waals surface area contributed by atoms with Gasteiger partial charge in [0.25, 0.3) is 0 Å². The zero-order chi connectivity index (χ0) is 17.8. The zero-order valence-electron chi connectivity index (χ0n) is 13.9. The van der Waals surface area contributed by atoms with Crippen LogP contribution >= 0.6 is 0 Å². The maximum Gasteiger partial charge on any atom is 0.411 e. The summed E-state index contributed by atoms with van der Waals surface area (Å²) in [6.45, 7) is 0.332. The number of aromatic nitrogens is 2. The van der Waals surface area contributed by atoms with Crippen LogP contribution < -0.4 is 10.2 Å². The van der Waals surface area contributed by atoms with Crippen molar-refractivity contribution in [1.82, 2.24) is 15.1 Å². The van der Waals surface area contributed by atoms with Crippen molar-refractivity contribution in [1.29, 1.82) is 0 Å². The topological polar surface area (TPSA) is 96.7 Å². The van der Waals surface area contributed by atoms with Crippen LogP contribution in [-0.2, 0) is 24.8 Å². The monoisotopic (exact) mass is 344 g/mol. The van der Waals surface area contributed by atoms with Gasteiger partial charge >= 0.3 is 12.2 Å². The number of fused-ring (bicyclic) bond motifs is 1. The van der Waals surface area contributed by atoms with E-state index in [9.17, 15) is 14.7 Å². The van der Waals surface area contributed by atoms with E-state index in [0.29, 0.717) is 24.2 Å². The van der Waals surface area contributed by atoms with Crippen LogP contribution in [0.4, 0.5) is 15.3 Å². The lowest BCUT2D eigenvalue weighted by Crippen LogP contribution is -2.45. The predicted octanol–water partition coefficient (Wildman–Crippen LogP) is 2.15. The average Bonchev–Trinajstić information content (AvgIpc) is 2.88. The third-order valence-corrected chi connectivity index (χ3v) is 4.07. The van der Waals surface area contributed by atoms with Crippen molar-refractivity contribution >= 4 is 17.9 Å². The van der Waals surface area contributed by atoms with Gasteiger partial charge in [0.2, 0.25) is 0 Å². The van der Waals surface area contributed by atoms with Crippen LogP contribution in [0.25, 0.3) is 0 Å². The molecule has 2 aromatic rings. The minimum atomic E-state index is -1.07. The number of alkyl carbamates (subject to hydrolysis) is 1. The zero-order valence-corrected chi connectivity index (χ0v) is 13.9. The first-order chi connectivity index (χ1) is 12.0. The minimum Gasteiger partial charge on any atom is -0.465 e. The molecule has 1 aromatic carbocycles. The molecule has 1 aromatic heterocycles. The Balaban J connectivity index is 1.60. The quantitative estimate of drug-likeness (QED) is 0.889. The molecule has 1 aliphatic heterocycles. The molecule has 0 radical (unpaired) electrons. The Labute approximate surface area is 145 Å². The second-order valence-corrected chi connectivity index (χ2v) is 5.97. The molecule has 1 atom stereocenters. The molecule has 2 amide bonds. The molecular weight excluding hydrogens is 324 g/mol. The lowest BCUT2D eigenvalue weighted by Gasteiger charge is -2.22. The Hall–Kier alpha value is -3.03. The van der Waals surface area contributed by atoms with Crippen molar-refractivity contribution in [2.45, 2.75) is 25.5 Å². The molecule has 8 nitrogen and oxygen atoms in total. The van der Waals surface area contributed by atoms with Crippen molar-refractivity contribution in [2.75, 3.05) is 11.4 Å². The van der Waals surface area contributed by atoms with Gasteiger partial charge in [-0.25, -0.2) is 9.59 Å². The van der Waals surface area contributed by atoms with Crippen LogP contribution in [-0.4, -0.2) is 39.7 Å². The fourth-order valence-corrected chi connectivity index (χ4v) is 2.88. The van der Waals surface area contributed by atoms with E-state index in [1.54, 1.807) is 17.9 Å². The van der Waals surface area contributed by atoms with Gasteiger partial charge in [0.05, 0.1) is 17.4 Å². The lowest BCUT2D eigenvalue weighted by molar-refractivity contribution is 0.135. The molecule has 132 valence electrons. The maximum absolute atomic E-state index is 12.0. The number of nitrogens with zero attached hydrogens (tertiary/aromatic N) is 3. The van der Waals surface area contributed by atoms with Crippen LogP contribution in [0.2, 0.25) is 0 Å². The first-order valence-corrected chi connectivity index (χ1v) is 8.03. The van der Waals surface area contributed by atoms with E-state index >= 15 is 0 Å². The summed E-state index contributed by atoms with van der Waals surface area (Å²) in [5.74, 6) is 0. The van der Waals surface area contributed by atoms with Crippen LogP contribution in [0, 0.1) is 0 Å². The van der Waals surface area contributed by atoms with E-state index in [4.69, 9.17) is 4.74 Å². The highest BCUT2D eigenvalue weighted by molar-refractivity contribution is 5.87. The number of ether oxygens (including phenoxy) is 1. The summed E-state index contributed by atoms with van der Waals surface area (Å²) in [5, 5.41) is 16.5. The molecule has 8 heteroatoms. The fraction of sp³-hybridized carbons (Fsp3) is 0.353. The smallest absolute Gasteiger partial charge is 0.411 e. The highest BCUT2D eigenvalue weighted by Gasteiger charge is 2.29. The number of hydrogen-bond acceptors (Lipinski definition) is 4. The summed E-state index contributed by atoms with van der Waals surface area (Å²) in [5.41, 5.74) is 2.17. The van der Waals surface area contributed by atoms with Crippen molar-refractivity contribution in [3.63, 3.8) is 0 Å². The predicted molar refractivity (Wildman–Crippen MR) is 90.5 cm³/mol. The molecule has 0 unspecified atom stereocenters. The molecular formula is C17H20N4O4. The second kappa shape index (κ2) is 7.25. The molecule has 0 bridgehead atoms. The number of nitrogens with one attached hydrogen (secondary N) is 1. The van der Waals surface area contributed by atoms with Gasteiger partial charge in [0.15, 0.2) is 0 Å². The summed E-state index contributed by atoms with van der Waals surface area (Å²) in [4.78, 5) is 24.8. The van der Waals surface area contributed by atoms with Crippen LogP contribution in [0.1, 0.15) is 17.7 Å². The summed E-state index contributed by atoms with van der Waals surface area (Å²) in [6, 6.07) is 9.04. The molecule has 1 aliphatic rings. The van der Waals surface area contributed by atoms with Gasteiger partial charge < -0.3 is 15.2 Å². The van der Waals surface area contributed by atoms with Gasteiger partial charge in [0, 0.05) is 19.8 Å². The van der Waals surface area contributed by atoms with E-state index in [-0.39, 0.29) is 19.2 Å². The van der Waals surface area contributed by atoms with Crippen molar-refractivity contribution < 1.29 is 19.4 Å². The van der Waals surface area contributed by atoms with Gasteiger partial charge in [-0.2, -0.15) is 5.10 Å². The van der Waals surface area contributed by atoms with Crippen LogP contribution in [0.15, 0.2) is 36.5 Å². The standard InChI is InChI=1S/C17H20N4O4/c1-20-10-15-14(19-20)8-7-13(9-21(15)17(23)24)18-16(22)25-11-12-5-3-2-4-6-12/h2-6,10,13H,7-9,11H2,1H3,(H,18,22)(H,23,24)/t13-/m0/s1. The SMILES string of the molecule is Cn1cc2c(n1)CC[C@H](NC(=O)OCc1ccccc1)CN2C(=O)O. The molecule has 0 aliphatic carbocycles. The third-order valence-electron chi connectivity index (χ3n) is 4.07. The van der Waals surface area contributed by atoms with E-state index in [2.05, 4.69) is 10.4 Å². The number of anilines is 1. The second-order valence-electron chi connectivity index (χ2n) is 5.97. The Morgan fingerprint density at radius 3 is 2.84 bits per heavy atom. The van der Waals surface area contributed by atoms with E-state index in [1.165, 1.54) is 4.90 Å². The normalized spacial score (nSPS) is 16.7. The Morgan fingerprint density at radius 1 is 1.36 bits per heavy atom. The van der Waals surface area contributed by atoms with E-state index < -0.39 is 12.2 Å². The number of amides is 2. The molecule has 2 heterocycles. The van der Waals surface area contributed by atoms with Gasteiger partial charge in [-0.05, 0) is 18.4 Å². The molecule has 0 spiro atoms. The molecule has 2 N–H and O–H groups in total. The van der Waals surface area contributed by atoms with Crippen molar-refractivity contribution in [2.24, 2.45) is 7.05 Å². The molecule has 0 saturated heterocycles. The van der Waals surface area contributed by atoms with E-state index in [0.717, 1.165) is 5.56 Å². The highest BCUT2D eigenvalue weighted by atomic mass is 16.5. The number of rotatable bonds is 3. The van der Waals surface area contributed by atoms with Gasteiger partial charge in [-0.3, -0.25) is 9.58 Å². The number of carbonyl (C=O) groups excluding carboxylic acids is 1. The molecule has 0 fully saturated rings. The Morgan fingerprint density at radius 2 is 2.12 bits per heavy atom. The number of carbonyl (C=O) groups is 2. The third kappa shape index (κ3) is 4.09. The minimum absolute atomic E-state index is 0.161. The molecule has 25 heavy (non-hydrogen) atoms. The van der Waals surface area contributed by atoms with Crippen molar-refractivity contribution in [3.05, 3.63) is 47.8 Å². The maximum atomic E-state index is 12.0. The first kappa shape index (κ1) is 16.8. The summed E-state index contributed by atoms with van der Waals surface area (Å²) < 4.78 is 6.81. The van der Waals surface area contributed by atoms with Gasteiger partial charge in [0.1, 0.15) is 6.61 Å². The van der Waals surface area contributed by atoms with Crippen molar-refractivity contribution in [3.8, 4) is 0 Å². The number of carboxylic acid groups (broad SMARTS) is 1. The molecule has 3 rings (SSSR count). The van der Waals surface area contributed by atoms with E-state index in [1.807, 2.05) is 30.3 Å². The lowest BCUT2D eigenvalue weighted by atomic mass is 10.1. The summed E-state index contributed by atoms with van der Waals surface area (Å²) >= 11 is 0. The summed E-state index contributed by atoms with van der Waals surface area (Å²) in [7, 11) is 1.76. The number of aryl methyl sites for hydroxylation is 2. The van der Waals surface area contributed by atoms with Crippen LogP contribution in [0.3, 0.4) is 0 Å². The van der Waals surface area contributed by atoms with Crippen LogP contribution in [0.5, 0.6) is 0 Å². The van der Waals surface area contributed by atoms with Gasteiger partial charge in [-0.15, -0.1) is 0 Å². The fourth-order valence-electron chi connectivity index (χ4n) is 2.88. The van der Waals surface area contributed by atoms with Gasteiger partial charge in [-0.1, -0.05) is 30.3 Å². The first-order valence-electron chi connectivity index (χ1n) is 8.03. The average molecular weight is 344 g/mol.